The molecule has 1 N–H and O–H groups in total. The molecular weight excluding hydrogens is 208 g/mol. The summed E-state index contributed by atoms with van der Waals surface area (Å²) in [6.45, 7) is 0. The van der Waals surface area contributed by atoms with Gasteiger partial charge in [-0.15, -0.1) is 11.3 Å². The van der Waals surface area contributed by atoms with Gasteiger partial charge in [0, 0.05) is 21.4 Å². The fourth-order valence-corrected chi connectivity index (χ4v) is 2.94. The number of carbonyl (C=O) groups is 1. The molecule has 0 saturated heterocycles. The fourth-order valence-electron chi connectivity index (χ4n) is 0.827. The molecule has 0 fully saturated rings. The van der Waals surface area contributed by atoms with Gasteiger partial charge in [-0.3, -0.25) is 9.00 Å². The molecule has 0 bridgehead atoms. The molecule has 3 nitrogen and oxygen atoms in total. The molecule has 0 spiro atoms. The number of carboxylic acids is 1. The predicted octanol–water partition coefficient (Wildman–Crippen LogP) is 1.47. The Balaban J connectivity index is 2.30. The molecule has 1 aromatic heterocycles. The van der Waals surface area contributed by atoms with Gasteiger partial charge in [0.25, 0.3) is 0 Å². The highest BCUT2D eigenvalue weighted by atomic mass is 32.2. The third kappa shape index (κ3) is 4.19. The zero-order valence-electron chi connectivity index (χ0n) is 6.93. The van der Waals surface area contributed by atoms with Crippen LogP contribution < -0.4 is 0 Å². The summed E-state index contributed by atoms with van der Waals surface area (Å²) in [4.78, 5) is 11.2. The highest BCUT2D eigenvalue weighted by Gasteiger charge is 2.05. The lowest BCUT2D eigenvalue weighted by Gasteiger charge is -1.96. The van der Waals surface area contributed by atoms with E-state index in [1.165, 1.54) is 0 Å². The van der Waals surface area contributed by atoms with E-state index in [1.54, 1.807) is 11.3 Å². The Morgan fingerprint density at radius 1 is 1.62 bits per heavy atom. The molecule has 1 unspecified atom stereocenters. The van der Waals surface area contributed by atoms with Crippen molar-refractivity contribution in [1.82, 2.24) is 0 Å². The third-order valence-electron chi connectivity index (χ3n) is 1.43. The Hall–Kier alpha value is -0.680. The molecule has 1 rings (SSSR count). The van der Waals surface area contributed by atoms with Crippen LogP contribution in [0.2, 0.25) is 0 Å². The fraction of sp³-hybridized carbons (Fsp3) is 0.375. The Morgan fingerprint density at radius 2 is 2.38 bits per heavy atom. The standard InChI is InChI=1S/C8H10O3S2/c9-8(10)3-5-13(11)6-7-2-1-4-12-7/h1-2,4H,3,5-6H2,(H,9,10). The second kappa shape index (κ2) is 5.14. The monoisotopic (exact) mass is 218 g/mol. The summed E-state index contributed by atoms with van der Waals surface area (Å²) in [6.07, 6.45) is -0.0159. The Bertz CT molecular complexity index is 292. The van der Waals surface area contributed by atoms with Gasteiger partial charge in [0.2, 0.25) is 0 Å². The highest BCUT2D eigenvalue weighted by molar-refractivity contribution is 7.84. The Labute approximate surface area is 82.9 Å². The molecule has 1 atom stereocenters. The van der Waals surface area contributed by atoms with Crippen molar-refractivity contribution in [3.63, 3.8) is 0 Å². The summed E-state index contributed by atoms with van der Waals surface area (Å²) < 4.78 is 11.3. The van der Waals surface area contributed by atoms with E-state index >= 15 is 0 Å². The van der Waals surface area contributed by atoms with Gasteiger partial charge in [0.1, 0.15) is 0 Å². The molecule has 5 heteroatoms. The van der Waals surface area contributed by atoms with Crippen molar-refractivity contribution in [1.29, 1.82) is 0 Å². The van der Waals surface area contributed by atoms with Gasteiger partial charge < -0.3 is 5.11 Å². The zero-order valence-corrected chi connectivity index (χ0v) is 8.57. The van der Waals surface area contributed by atoms with E-state index in [0.717, 1.165) is 4.88 Å². The van der Waals surface area contributed by atoms with Crippen molar-refractivity contribution < 1.29 is 14.1 Å². The third-order valence-corrected chi connectivity index (χ3v) is 3.78. The molecule has 13 heavy (non-hydrogen) atoms. The van der Waals surface area contributed by atoms with Crippen LogP contribution in [0.1, 0.15) is 11.3 Å². The minimum absolute atomic E-state index is 0.0159. The van der Waals surface area contributed by atoms with Crippen molar-refractivity contribution >= 4 is 28.1 Å². The molecule has 72 valence electrons. The van der Waals surface area contributed by atoms with Gasteiger partial charge in [-0.1, -0.05) is 6.07 Å². The zero-order chi connectivity index (χ0) is 9.68. The minimum Gasteiger partial charge on any atom is -0.481 e. The molecule has 1 heterocycles. The van der Waals surface area contributed by atoms with Gasteiger partial charge in [-0.2, -0.15) is 0 Å². The van der Waals surface area contributed by atoms with Crippen LogP contribution in [0.3, 0.4) is 0 Å². The van der Waals surface area contributed by atoms with Crippen LogP contribution in [0, 0.1) is 0 Å². The van der Waals surface area contributed by atoms with E-state index in [9.17, 15) is 9.00 Å². The lowest BCUT2D eigenvalue weighted by molar-refractivity contribution is -0.136. The number of aliphatic carboxylic acids is 1. The topological polar surface area (TPSA) is 54.4 Å². The summed E-state index contributed by atoms with van der Waals surface area (Å²) >= 11 is 1.55. The second-order valence-corrected chi connectivity index (χ2v) is 5.12. The quantitative estimate of drug-likeness (QED) is 0.814. The van der Waals surface area contributed by atoms with Crippen molar-refractivity contribution in [3.8, 4) is 0 Å². The molecule has 0 radical (unpaired) electrons. The summed E-state index contributed by atoms with van der Waals surface area (Å²) in [5, 5.41) is 10.3. The first-order valence-corrected chi connectivity index (χ1v) is 6.14. The van der Waals surface area contributed by atoms with Crippen molar-refractivity contribution in [2.45, 2.75) is 12.2 Å². The van der Waals surface area contributed by atoms with E-state index in [1.807, 2.05) is 17.5 Å². The number of hydrogen-bond acceptors (Lipinski definition) is 3. The summed E-state index contributed by atoms with van der Waals surface area (Å²) in [5.41, 5.74) is 0. The van der Waals surface area contributed by atoms with Gasteiger partial charge in [-0.05, 0) is 11.4 Å². The first kappa shape index (κ1) is 10.4. The van der Waals surface area contributed by atoms with E-state index in [2.05, 4.69) is 0 Å². The number of thiophene rings is 1. The average Bonchev–Trinajstić information content (AvgIpc) is 2.53. The smallest absolute Gasteiger partial charge is 0.304 e. The van der Waals surface area contributed by atoms with Crippen LogP contribution in [0.5, 0.6) is 0 Å². The minimum atomic E-state index is -1.04. The van der Waals surface area contributed by atoms with Crippen LogP contribution in [0.15, 0.2) is 17.5 Å². The average molecular weight is 218 g/mol. The largest absolute Gasteiger partial charge is 0.481 e. The van der Waals surface area contributed by atoms with Crippen LogP contribution in [-0.2, 0) is 21.3 Å². The summed E-state index contributed by atoms with van der Waals surface area (Å²) in [7, 11) is -1.04. The Morgan fingerprint density at radius 3 is 2.92 bits per heavy atom. The van der Waals surface area contributed by atoms with Crippen molar-refractivity contribution in [3.05, 3.63) is 22.4 Å². The molecule has 0 aromatic carbocycles. The lowest BCUT2D eigenvalue weighted by Crippen LogP contribution is -2.05. The number of rotatable bonds is 5. The SMILES string of the molecule is O=C(O)CCS(=O)Cc1cccs1. The number of hydrogen-bond donors (Lipinski definition) is 1. The van der Waals surface area contributed by atoms with E-state index < -0.39 is 16.8 Å². The van der Waals surface area contributed by atoms with E-state index in [-0.39, 0.29) is 12.2 Å². The van der Waals surface area contributed by atoms with E-state index in [0.29, 0.717) is 5.75 Å². The second-order valence-electron chi connectivity index (χ2n) is 2.51. The molecule has 0 aliphatic rings. The molecule has 0 aliphatic carbocycles. The van der Waals surface area contributed by atoms with Crippen LogP contribution in [0.25, 0.3) is 0 Å². The molecule has 0 saturated carbocycles. The molecule has 0 amide bonds. The number of carboxylic acid groups (broad SMARTS) is 1. The normalized spacial score (nSPS) is 12.6. The van der Waals surface area contributed by atoms with Gasteiger partial charge in [-0.25, -0.2) is 0 Å². The van der Waals surface area contributed by atoms with Gasteiger partial charge >= 0.3 is 5.97 Å². The maximum Gasteiger partial charge on any atom is 0.304 e. The van der Waals surface area contributed by atoms with Crippen LogP contribution in [-0.4, -0.2) is 21.0 Å². The maximum atomic E-state index is 11.3. The molecule has 0 aliphatic heterocycles. The highest BCUT2D eigenvalue weighted by Crippen LogP contribution is 2.11. The van der Waals surface area contributed by atoms with Crippen molar-refractivity contribution in [2.75, 3.05) is 5.75 Å². The van der Waals surface area contributed by atoms with Crippen LogP contribution >= 0.6 is 11.3 Å². The van der Waals surface area contributed by atoms with E-state index in [4.69, 9.17) is 5.11 Å². The predicted molar refractivity (Wildman–Crippen MR) is 53.3 cm³/mol. The molecular formula is C8H10O3S2. The summed E-state index contributed by atoms with van der Waals surface area (Å²) in [5.74, 6) is -0.169. The van der Waals surface area contributed by atoms with Gasteiger partial charge in [0.05, 0.1) is 12.2 Å². The Kier molecular flexibility index (Phi) is 4.11. The van der Waals surface area contributed by atoms with Gasteiger partial charge in [0.15, 0.2) is 0 Å². The first-order valence-electron chi connectivity index (χ1n) is 3.77. The maximum absolute atomic E-state index is 11.3. The van der Waals surface area contributed by atoms with Crippen LogP contribution in [0.4, 0.5) is 0 Å². The first-order chi connectivity index (χ1) is 6.18. The van der Waals surface area contributed by atoms with Crippen molar-refractivity contribution in [2.24, 2.45) is 0 Å². The summed E-state index contributed by atoms with van der Waals surface area (Å²) in [6, 6.07) is 3.80. The molecule has 1 aromatic rings. The lowest BCUT2D eigenvalue weighted by atomic mass is 10.5.